The molecule has 25 heavy (non-hydrogen) atoms. The van der Waals surface area contributed by atoms with E-state index in [1.807, 2.05) is 0 Å². The fraction of sp³-hybridized carbons (Fsp3) is 0.833. The van der Waals surface area contributed by atoms with E-state index < -0.39 is 17.7 Å². The van der Waals surface area contributed by atoms with Crippen molar-refractivity contribution in [1.29, 1.82) is 0 Å². The Morgan fingerprint density at radius 3 is 2.40 bits per heavy atom. The molecule has 2 fully saturated rings. The van der Waals surface area contributed by atoms with Crippen LogP contribution < -0.4 is 10.6 Å². The Hall–Kier alpha value is -1.79. The zero-order valence-corrected chi connectivity index (χ0v) is 15.4. The van der Waals surface area contributed by atoms with Crippen LogP contribution in [0.25, 0.3) is 0 Å². The highest BCUT2D eigenvalue weighted by molar-refractivity contribution is 5.86. The molecule has 142 valence electrons. The number of alkyl carbamates (subject to hydrolysis) is 1. The van der Waals surface area contributed by atoms with E-state index in [4.69, 9.17) is 9.47 Å². The van der Waals surface area contributed by atoms with Gasteiger partial charge in [0.25, 0.3) is 0 Å². The largest absolute Gasteiger partial charge is 0.460 e. The van der Waals surface area contributed by atoms with Gasteiger partial charge in [-0.1, -0.05) is 19.3 Å². The Labute approximate surface area is 149 Å². The van der Waals surface area contributed by atoms with E-state index in [2.05, 4.69) is 10.6 Å². The molecule has 1 saturated carbocycles. The van der Waals surface area contributed by atoms with Crippen molar-refractivity contribution in [3.8, 4) is 0 Å². The van der Waals surface area contributed by atoms with E-state index in [1.54, 1.807) is 20.8 Å². The number of rotatable bonds is 3. The number of esters is 1. The molecule has 1 heterocycles. The molecule has 2 atom stereocenters. The van der Waals surface area contributed by atoms with Crippen LogP contribution in [0.4, 0.5) is 4.79 Å². The maximum absolute atomic E-state index is 12.3. The minimum Gasteiger partial charge on any atom is -0.460 e. The summed E-state index contributed by atoms with van der Waals surface area (Å²) in [6.45, 7) is 5.57. The lowest BCUT2D eigenvalue weighted by molar-refractivity contribution is -0.155. The van der Waals surface area contributed by atoms with Gasteiger partial charge in [0.1, 0.15) is 17.7 Å². The number of ether oxygens (including phenoxy) is 2. The molecule has 0 bridgehead atoms. The lowest BCUT2D eigenvalue weighted by atomic mass is 9.89. The number of carbonyl (C=O) groups is 3. The van der Waals surface area contributed by atoms with Gasteiger partial charge in [-0.2, -0.15) is 0 Å². The normalized spacial score (nSPS) is 25.5. The first-order valence-corrected chi connectivity index (χ1v) is 9.22. The summed E-state index contributed by atoms with van der Waals surface area (Å²) in [5, 5.41) is 5.32. The van der Waals surface area contributed by atoms with Crippen LogP contribution in [-0.2, 0) is 19.1 Å². The Balaban J connectivity index is 1.82. The highest BCUT2D eigenvalue weighted by atomic mass is 16.6. The van der Waals surface area contributed by atoms with E-state index in [-0.39, 0.29) is 30.4 Å². The summed E-state index contributed by atoms with van der Waals surface area (Å²) in [5.74, 6) is -0.442. The van der Waals surface area contributed by atoms with E-state index in [0.29, 0.717) is 12.8 Å². The second kappa shape index (κ2) is 8.54. The SMILES string of the molecule is CC(C)(C)OC(=O)N[C@H]1CC[C@@H](OC(=O)C2CCCCC2)CNC1=O. The molecule has 7 heteroatoms. The molecule has 0 spiro atoms. The predicted molar refractivity (Wildman–Crippen MR) is 91.9 cm³/mol. The van der Waals surface area contributed by atoms with E-state index in [9.17, 15) is 14.4 Å². The number of amides is 2. The van der Waals surface area contributed by atoms with E-state index >= 15 is 0 Å². The summed E-state index contributed by atoms with van der Waals surface area (Å²) >= 11 is 0. The molecule has 0 unspecified atom stereocenters. The molecule has 0 aromatic heterocycles. The van der Waals surface area contributed by atoms with Gasteiger partial charge in [-0.15, -0.1) is 0 Å². The van der Waals surface area contributed by atoms with Crippen molar-refractivity contribution in [3.05, 3.63) is 0 Å². The summed E-state index contributed by atoms with van der Waals surface area (Å²) in [5.41, 5.74) is -0.622. The van der Waals surface area contributed by atoms with Gasteiger partial charge in [-0.05, 0) is 46.5 Å². The van der Waals surface area contributed by atoms with Crippen LogP contribution >= 0.6 is 0 Å². The molecule has 7 nitrogen and oxygen atoms in total. The first-order valence-electron chi connectivity index (χ1n) is 9.22. The van der Waals surface area contributed by atoms with Crippen LogP contribution in [0.15, 0.2) is 0 Å². The highest BCUT2D eigenvalue weighted by Crippen LogP contribution is 2.25. The smallest absolute Gasteiger partial charge is 0.408 e. The van der Waals surface area contributed by atoms with Crippen LogP contribution in [0.3, 0.4) is 0 Å². The highest BCUT2D eigenvalue weighted by Gasteiger charge is 2.31. The number of nitrogens with one attached hydrogen (secondary N) is 2. The summed E-state index contributed by atoms with van der Waals surface area (Å²) in [7, 11) is 0. The van der Waals surface area contributed by atoms with Gasteiger partial charge in [0.2, 0.25) is 5.91 Å². The van der Waals surface area contributed by atoms with Crippen LogP contribution in [0.1, 0.15) is 65.7 Å². The molecule has 2 amide bonds. The van der Waals surface area contributed by atoms with Crippen LogP contribution in [-0.4, -0.2) is 42.3 Å². The van der Waals surface area contributed by atoms with Crippen molar-refractivity contribution < 1.29 is 23.9 Å². The van der Waals surface area contributed by atoms with Crippen LogP contribution in [0, 0.1) is 5.92 Å². The lowest BCUT2D eigenvalue weighted by Crippen LogP contribution is -2.47. The van der Waals surface area contributed by atoms with Crippen molar-refractivity contribution in [2.24, 2.45) is 5.92 Å². The summed E-state index contributed by atoms with van der Waals surface area (Å²) in [4.78, 5) is 36.2. The Bertz CT molecular complexity index is 494. The van der Waals surface area contributed by atoms with Gasteiger partial charge in [0.05, 0.1) is 12.5 Å². The zero-order valence-electron chi connectivity index (χ0n) is 15.4. The third-order valence-corrected chi connectivity index (χ3v) is 4.51. The lowest BCUT2D eigenvalue weighted by Gasteiger charge is -2.23. The van der Waals surface area contributed by atoms with Crippen molar-refractivity contribution in [2.75, 3.05) is 6.54 Å². The van der Waals surface area contributed by atoms with Gasteiger partial charge in [0.15, 0.2) is 0 Å². The molecule has 0 aromatic rings. The van der Waals surface area contributed by atoms with Crippen molar-refractivity contribution in [2.45, 2.75) is 83.5 Å². The Kier molecular flexibility index (Phi) is 6.67. The van der Waals surface area contributed by atoms with Gasteiger partial charge < -0.3 is 20.1 Å². The maximum Gasteiger partial charge on any atom is 0.408 e. The molecule has 0 radical (unpaired) electrons. The van der Waals surface area contributed by atoms with Crippen LogP contribution in [0.2, 0.25) is 0 Å². The van der Waals surface area contributed by atoms with E-state index in [1.165, 1.54) is 6.42 Å². The third-order valence-electron chi connectivity index (χ3n) is 4.51. The molecule has 2 rings (SSSR count). The summed E-state index contributed by atoms with van der Waals surface area (Å²) in [6.07, 6.45) is 5.08. The molecular formula is C18H30N2O5. The maximum atomic E-state index is 12.3. The number of carbonyl (C=O) groups excluding carboxylic acids is 3. The summed E-state index contributed by atoms with van der Waals surface area (Å²) in [6, 6.07) is -0.673. The predicted octanol–water partition coefficient (Wildman–Crippen LogP) is 2.28. The first-order chi connectivity index (χ1) is 11.7. The molecule has 0 aromatic carbocycles. The fourth-order valence-electron chi connectivity index (χ4n) is 3.21. The molecule has 1 aliphatic heterocycles. The van der Waals surface area contributed by atoms with E-state index in [0.717, 1.165) is 25.7 Å². The zero-order chi connectivity index (χ0) is 18.4. The average Bonchev–Trinajstić information content (AvgIpc) is 2.70. The molecule has 1 aliphatic carbocycles. The van der Waals surface area contributed by atoms with Gasteiger partial charge in [0, 0.05) is 0 Å². The Morgan fingerprint density at radius 2 is 1.76 bits per heavy atom. The first kappa shape index (κ1) is 19.5. The van der Waals surface area contributed by atoms with Gasteiger partial charge in [-0.25, -0.2) is 4.79 Å². The second-order valence-electron chi connectivity index (χ2n) is 7.92. The third kappa shape index (κ3) is 6.55. The molecule has 1 saturated heterocycles. The van der Waals surface area contributed by atoms with Gasteiger partial charge >= 0.3 is 12.1 Å². The Morgan fingerprint density at radius 1 is 1.08 bits per heavy atom. The molecular weight excluding hydrogens is 324 g/mol. The van der Waals surface area contributed by atoms with Crippen molar-refractivity contribution in [1.82, 2.24) is 10.6 Å². The molecule has 2 N–H and O–H groups in total. The molecule has 2 aliphatic rings. The fourth-order valence-corrected chi connectivity index (χ4v) is 3.21. The van der Waals surface area contributed by atoms with Crippen molar-refractivity contribution >= 4 is 18.0 Å². The quantitative estimate of drug-likeness (QED) is 0.759. The second-order valence-corrected chi connectivity index (χ2v) is 7.92. The topological polar surface area (TPSA) is 93.7 Å². The minimum absolute atomic E-state index is 0.0108. The van der Waals surface area contributed by atoms with Gasteiger partial charge in [-0.3, -0.25) is 9.59 Å². The monoisotopic (exact) mass is 354 g/mol. The standard InChI is InChI=1S/C18H30N2O5/c1-18(2,3)25-17(23)20-14-10-9-13(11-19-15(14)21)24-16(22)12-7-5-4-6-8-12/h12-14H,4-11H2,1-3H3,(H,19,21)(H,20,23)/t13-,14+/m1/s1. The van der Waals surface area contributed by atoms with Crippen molar-refractivity contribution in [3.63, 3.8) is 0 Å². The number of hydrogen-bond acceptors (Lipinski definition) is 5. The average molecular weight is 354 g/mol. The summed E-state index contributed by atoms with van der Waals surface area (Å²) < 4.78 is 10.8. The van der Waals surface area contributed by atoms with Crippen LogP contribution in [0.5, 0.6) is 0 Å². The number of hydrogen-bond donors (Lipinski definition) is 2. The minimum atomic E-state index is -0.673.